The van der Waals surface area contributed by atoms with E-state index < -0.39 is 6.10 Å². The van der Waals surface area contributed by atoms with E-state index in [0.29, 0.717) is 13.0 Å². The number of nitrogens with zero attached hydrogens (tertiary/aromatic N) is 2. The molecule has 1 aliphatic rings. The molecule has 0 bridgehead atoms. The molecule has 1 aromatic carbocycles. The third kappa shape index (κ3) is 4.10. The van der Waals surface area contributed by atoms with E-state index in [1.807, 2.05) is 43.5 Å². The third-order valence-corrected chi connectivity index (χ3v) is 3.92. The average Bonchev–Trinajstić information content (AvgIpc) is 3.18. The Morgan fingerprint density at radius 3 is 2.96 bits per heavy atom. The van der Waals surface area contributed by atoms with Crippen LogP contribution >= 0.6 is 12.4 Å². The van der Waals surface area contributed by atoms with E-state index in [9.17, 15) is 9.90 Å². The van der Waals surface area contributed by atoms with Gasteiger partial charge in [0.05, 0.1) is 23.9 Å². The highest BCUT2D eigenvalue weighted by Crippen LogP contribution is 2.17. The fourth-order valence-corrected chi connectivity index (χ4v) is 2.67. The SMILES string of the molecule is CC(NC(=O)C1CC(O)CN1)c1cccc(-n2cccn2)c1.Cl. The zero-order valence-corrected chi connectivity index (χ0v) is 13.7. The van der Waals surface area contributed by atoms with Crippen molar-refractivity contribution >= 4 is 18.3 Å². The smallest absolute Gasteiger partial charge is 0.237 e. The van der Waals surface area contributed by atoms with Crippen LogP contribution in [-0.4, -0.2) is 39.5 Å². The van der Waals surface area contributed by atoms with E-state index in [4.69, 9.17) is 0 Å². The predicted molar refractivity (Wildman–Crippen MR) is 89.8 cm³/mol. The van der Waals surface area contributed by atoms with Crippen LogP contribution in [0.25, 0.3) is 5.69 Å². The highest BCUT2D eigenvalue weighted by atomic mass is 35.5. The first kappa shape index (κ1) is 17.5. The highest BCUT2D eigenvalue weighted by molar-refractivity contribution is 5.85. The molecule has 2 heterocycles. The number of rotatable bonds is 4. The van der Waals surface area contributed by atoms with Crippen molar-refractivity contribution in [2.45, 2.75) is 31.5 Å². The zero-order chi connectivity index (χ0) is 15.5. The Morgan fingerprint density at radius 2 is 2.30 bits per heavy atom. The number of amides is 1. The number of halogens is 1. The second-order valence-corrected chi connectivity index (χ2v) is 5.63. The van der Waals surface area contributed by atoms with Crippen molar-refractivity contribution < 1.29 is 9.90 Å². The van der Waals surface area contributed by atoms with Gasteiger partial charge in [0.15, 0.2) is 0 Å². The molecule has 7 heteroatoms. The largest absolute Gasteiger partial charge is 0.392 e. The summed E-state index contributed by atoms with van der Waals surface area (Å²) in [5, 5.41) is 19.7. The Hall–Kier alpha value is -1.89. The Morgan fingerprint density at radius 1 is 1.48 bits per heavy atom. The van der Waals surface area contributed by atoms with E-state index >= 15 is 0 Å². The molecule has 2 aromatic rings. The summed E-state index contributed by atoms with van der Waals surface area (Å²) in [4.78, 5) is 12.2. The van der Waals surface area contributed by atoms with E-state index in [-0.39, 0.29) is 30.4 Å². The lowest BCUT2D eigenvalue weighted by Gasteiger charge is -2.18. The van der Waals surface area contributed by atoms with Gasteiger partial charge in [-0.15, -0.1) is 12.4 Å². The van der Waals surface area contributed by atoms with Gasteiger partial charge in [0, 0.05) is 18.9 Å². The first-order chi connectivity index (χ1) is 10.6. The van der Waals surface area contributed by atoms with E-state index in [1.165, 1.54) is 0 Å². The quantitative estimate of drug-likeness (QED) is 0.783. The second-order valence-electron chi connectivity index (χ2n) is 5.63. The molecule has 1 fully saturated rings. The molecular formula is C16H21ClN4O2. The lowest BCUT2D eigenvalue weighted by Crippen LogP contribution is -2.41. The van der Waals surface area contributed by atoms with Crippen molar-refractivity contribution in [2.24, 2.45) is 0 Å². The van der Waals surface area contributed by atoms with Crippen molar-refractivity contribution in [1.29, 1.82) is 0 Å². The van der Waals surface area contributed by atoms with Gasteiger partial charge in [0.25, 0.3) is 0 Å². The maximum atomic E-state index is 12.2. The Labute approximate surface area is 141 Å². The van der Waals surface area contributed by atoms with Crippen molar-refractivity contribution in [3.05, 3.63) is 48.3 Å². The standard InChI is InChI=1S/C16H20N4O2.ClH/c1-11(19-16(22)15-9-14(21)10-17-15)12-4-2-5-13(8-12)20-7-3-6-18-20;/h2-8,11,14-15,17,21H,9-10H2,1H3,(H,19,22);1H. The van der Waals surface area contributed by atoms with Crippen molar-refractivity contribution in [3.8, 4) is 5.69 Å². The molecule has 1 amide bonds. The van der Waals surface area contributed by atoms with E-state index in [1.54, 1.807) is 10.9 Å². The number of aromatic nitrogens is 2. The summed E-state index contributed by atoms with van der Waals surface area (Å²) in [7, 11) is 0. The molecule has 1 saturated heterocycles. The van der Waals surface area contributed by atoms with Gasteiger partial charge in [-0.05, 0) is 37.1 Å². The van der Waals surface area contributed by atoms with Gasteiger partial charge in [-0.3, -0.25) is 4.79 Å². The fraction of sp³-hybridized carbons (Fsp3) is 0.375. The van der Waals surface area contributed by atoms with Gasteiger partial charge in [-0.1, -0.05) is 12.1 Å². The maximum absolute atomic E-state index is 12.2. The molecule has 0 spiro atoms. The van der Waals surface area contributed by atoms with Crippen LogP contribution in [0, 0.1) is 0 Å². The highest BCUT2D eigenvalue weighted by Gasteiger charge is 2.28. The van der Waals surface area contributed by atoms with Gasteiger partial charge in [0.1, 0.15) is 0 Å². The van der Waals surface area contributed by atoms with Gasteiger partial charge in [-0.25, -0.2) is 4.68 Å². The van der Waals surface area contributed by atoms with Crippen LogP contribution in [0.2, 0.25) is 0 Å². The molecule has 1 aliphatic heterocycles. The minimum atomic E-state index is -0.436. The summed E-state index contributed by atoms with van der Waals surface area (Å²) in [5.74, 6) is -0.0754. The maximum Gasteiger partial charge on any atom is 0.237 e. The number of β-amino-alcohol motifs (C(OH)–C–C–N with tert-alkyl or cyclic N) is 1. The van der Waals surface area contributed by atoms with Gasteiger partial charge in [0.2, 0.25) is 5.91 Å². The molecule has 3 N–H and O–H groups in total. The monoisotopic (exact) mass is 336 g/mol. The normalized spacial score (nSPS) is 21.5. The molecule has 124 valence electrons. The molecule has 3 rings (SSSR count). The molecule has 6 nitrogen and oxygen atoms in total. The first-order valence-electron chi connectivity index (χ1n) is 7.45. The molecular weight excluding hydrogens is 316 g/mol. The minimum Gasteiger partial charge on any atom is -0.392 e. The summed E-state index contributed by atoms with van der Waals surface area (Å²) in [6.45, 7) is 2.42. The molecule has 0 saturated carbocycles. The minimum absolute atomic E-state index is 0. The summed E-state index contributed by atoms with van der Waals surface area (Å²) in [6, 6.07) is 9.36. The lowest BCUT2D eigenvalue weighted by atomic mass is 10.1. The lowest BCUT2D eigenvalue weighted by molar-refractivity contribution is -0.123. The van der Waals surface area contributed by atoms with Gasteiger partial charge >= 0.3 is 0 Å². The summed E-state index contributed by atoms with van der Waals surface area (Å²) >= 11 is 0. The van der Waals surface area contributed by atoms with E-state index in [0.717, 1.165) is 11.3 Å². The van der Waals surface area contributed by atoms with Crippen LogP contribution in [-0.2, 0) is 4.79 Å². The summed E-state index contributed by atoms with van der Waals surface area (Å²) in [5.41, 5.74) is 1.97. The van der Waals surface area contributed by atoms with Crippen LogP contribution in [0.5, 0.6) is 0 Å². The first-order valence-corrected chi connectivity index (χ1v) is 7.45. The van der Waals surface area contributed by atoms with Crippen LogP contribution in [0.15, 0.2) is 42.7 Å². The summed E-state index contributed by atoms with van der Waals surface area (Å²) < 4.78 is 1.78. The van der Waals surface area contributed by atoms with Crippen molar-refractivity contribution in [1.82, 2.24) is 20.4 Å². The number of aliphatic hydroxyl groups is 1. The van der Waals surface area contributed by atoms with Gasteiger partial charge < -0.3 is 15.7 Å². The Kier molecular flexibility index (Phi) is 5.76. The molecule has 23 heavy (non-hydrogen) atoms. The number of hydrogen-bond acceptors (Lipinski definition) is 4. The average molecular weight is 337 g/mol. The molecule has 3 atom stereocenters. The second kappa shape index (κ2) is 7.59. The number of aliphatic hydroxyl groups excluding tert-OH is 1. The van der Waals surface area contributed by atoms with Crippen LogP contribution in [0.4, 0.5) is 0 Å². The van der Waals surface area contributed by atoms with Crippen LogP contribution in [0.3, 0.4) is 0 Å². The van der Waals surface area contributed by atoms with Crippen LogP contribution < -0.4 is 10.6 Å². The predicted octanol–water partition coefficient (Wildman–Crippen LogP) is 1.19. The fourth-order valence-electron chi connectivity index (χ4n) is 2.67. The number of carbonyl (C=O) groups is 1. The molecule has 1 aromatic heterocycles. The molecule has 3 unspecified atom stereocenters. The van der Waals surface area contributed by atoms with Crippen LogP contribution in [0.1, 0.15) is 24.9 Å². The third-order valence-electron chi connectivity index (χ3n) is 3.92. The number of hydrogen-bond donors (Lipinski definition) is 3. The summed E-state index contributed by atoms with van der Waals surface area (Å²) in [6.07, 6.45) is 3.64. The molecule has 0 aliphatic carbocycles. The number of carbonyl (C=O) groups excluding carboxylic acids is 1. The number of benzene rings is 1. The topological polar surface area (TPSA) is 79.2 Å². The van der Waals surface area contributed by atoms with Crippen molar-refractivity contribution in [3.63, 3.8) is 0 Å². The molecule has 0 radical (unpaired) electrons. The number of nitrogens with one attached hydrogen (secondary N) is 2. The zero-order valence-electron chi connectivity index (χ0n) is 12.8. The van der Waals surface area contributed by atoms with Gasteiger partial charge in [-0.2, -0.15) is 5.10 Å². The van der Waals surface area contributed by atoms with Crippen molar-refractivity contribution in [2.75, 3.05) is 6.54 Å². The Bertz CT molecular complexity index is 647. The Balaban J connectivity index is 0.00000192. The van der Waals surface area contributed by atoms with E-state index in [2.05, 4.69) is 15.7 Å².